The number of carbonyl (C=O) groups excluding carboxylic acids is 1. The molecule has 1 atom stereocenters. The van der Waals surface area contributed by atoms with Crippen LogP contribution in [0.4, 0.5) is 0 Å². The summed E-state index contributed by atoms with van der Waals surface area (Å²) in [6, 6.07) is 7.59. The van der Waals surface area contributed by atoms with Gasteiger partial charge in [-0.1, -0.05) is 32.4 Å². The number of allylic oxidation sites excluding steroid dienone is 2. The fourth-order valence-electron chi connectivity index (χ4n) is 2.02. The summed E-state index contributed by atoms with van der Waals surface area (Å²) in [5.74, 6) is 1.42. The second kappa shape index (κ2) is 8.89. The predicted molar refractivity (Wildman–Crippen MR) is 86.0 cm³/mol. The number of ether oxygens (including phenoxy) is 2. The van der Waals surface area contributed by atoms with E-state index in [9.17, 15) is 4.79 Å². The number of benzene rings is 1. The van der Waals surface area contributed by atoms with Crippen molar-refractivity contribution in [3.8, 4) is 17.6 Å². The van der Waals surface area contributed by atoms with Gasteiger partial charge in [0.25, 0.3) is 0 Å². The quantitative estimate of drug-likeness (QED) is 0.542. The zero-order valence-corrected chi connectivity index (χ0v) is 13.7. The average molecular weight is 301 g/mol. The predicted octanol–water partition coefficient (Wildman–Crippen LogP) is 3.70. The largest absolute Gasteiger partial charge is 0.493 e. The van der Waals surface area contributed by atoms with Crippen LogP contribution in [-0.2, 0) is 11.2 Å². The van der Waals surface area contributed by atoms with Crippen LogP contribution in [0, 0.1) is 17.2 Å². The smallest absolute Gasteiger partial charge is 0.173 e. The maximum absolute atomic E-state index is 12.1. The van der Waals surface area contributed by atoms with Crippen LogP contribution in [0.1, 0.15) is 32.3 Å². The molecule has 0 aliphatic rings. The molecule has 1 aromatic rings. The second-order valence-electron chi connectivity index (χ2n) is 5.19. The molecule has 0 aliphatic heterocycles. The van der Waals surface area contributed by atoms with E-state index in [1.807, 2.05) is 38.1 Å². The van der Waals surface area contributed by atoms with Crippen molar-refractivity contribution in [2.24, 2.45) is 5.92 Å². The van der Waals surface area contributed by atoms with Gasteiger partial charge in [-0.25, -0.2) is 0 Å². The van der Waals surface area contributed by atoms with Crippen molar-refractivity contribution >= 4 is 5.78 Å². The maximum Gasteiger partial charge on any atom is 0.173 e. The first kappa shape index (κ1) is 17.8. The number of hydrogen-bond acceptors (Lipinski definition) is 4. The number of carbonyl (C=O) groups is 1. The van der Waals surface area contributed by atoms with Crippen LogP contribution in [0.2, 0.25) is 0 Å². The first-order valence-electron chi connectivity index (χ1n) is 7.41. The molecule has 1 aromatic carbocycles. The second-order valence-corrected chi connectivity index (χ2v) is 5.19. The van der Waals surface area contributed by atoms with E-state index in [2.05, 4.69) is 0 Å². The molecular weight excluding hydrogens is 278 g/mol. The van der Waals surface area contributed by atoms with E-state index in [1.165, 1.54) is 0 Å². The molecule has 0 N–H and O–H groups in total. The maximum atomic E-state index is 12.1. The summed E-state index contributed by atoms with van der Waals surface area (Å²) in [6.45, 7) is 4.03. The van der Waals surface area contributed by atoms with Crippen LogP contribution >= 0.6 is 0 Å². The first-order chi connectivity index (χ1) is 10.5. The van der Waals surface area contributed by atoms with E-state index in [0.29, 0.717) is 24.3 Å². The molecule has 1 unspecified atom stereocenters. The Morgan fingerprint density at radius 3 is 2.55 bits per heavy atom. The molecule has 0 amide bonds. The minimum atomic E-state index is -0.113. The Morgan fingerprint density at radius 2 is 2.00 bits per heavy atom. The van der Waals surface area contributed by atoms with Crippen molar-refractivity contribution in [3.63, 3.8) is 0 Å². The van der Waals surface area contributed by atoms with Crippen molar-refractivity contribution in [1.82, 2.24) is 0 Å². The molecule has 1 rings (SSSR count). The average Bonchev–Trinajstić information content (AvgIpc) is 2.56. The van der Waals surface area contributed by atoms with E-state index in [-0.39, 0.29) is 17.3 Å². The molecule has 4 nitrogen and oxygen atoms in total. The molecule has 0 heterocycles. The number of methoxy groups -OCH3 is 2. The van der Waals surface area contributed by atoms with Gasteiger partial charge in [0.05, 0.1) is 19.8 Å². The summed E-state index contributed by atoms with van der Waals surface area (Å²) in [5, 5.41) is 9.11. The van der Waals surface area contributed by atoms with Crippen LogP contribution in [0.15, 0.2) is 29.8 Å². The minimum Gasteiger partial charge on any atom is -0.493 e. The molecule has 0 aliphatic carbocycles. The Bertz CT molecular complexity index is 584. The van der Waals surface area contributed by atoms with Crippen molar-refractivity contribution in [3.05, 3.63) is 35.4 Å². The van der Waals surface area contributed by atoms with Crippen LogP contribution in [0.5, 0.6) is 11.5 Å². The van der Waals surface area contributed by atoms with Crippen molar-refractivity contribution < 1.29 is 14.3 Å². The number of hydrogen-bond donors (Lipinski definition) is 0. The lowest BCUT2D eigenvalue weighted by Gasteiger charge is -2.09. The number of aryl methyl sites for hydroxylation is 1. The minimum absolute atomic E-state index is 0.113. The molecular formula is C18H23NO3. The lowest BCUT2D eigenvalue weighted by atomic mass is 9.99. The molecule has 4 heteroatoms. The highest BCUT2D eigenvalue weighted by molar-refractivity contribution is 5.99. The Kier molecular flexibility index (Phi) is 7.18. The summed E-state index contributed by atoms with van der Waals surface area (Å²) in [5.41, 5.74) is 1.24. The first-order valence-corrected chi connectivity index (χ1v) is 7.41. The summed E-state index contributed by atoms with van der Waals surface area (Å²) >= 11 is 0. The molecule has 0 fully saturated rings. The lowest BCUT2D eigenvalue weighted by Crippen LogP contribution is -2.05. The highest BCUT2D eigenvalue weighted by Gasteiger charge is 2.12. The zero-order valence-electron chi connectivity index (χ0n) is 13.7. The summed E-state index contributed by atoms with van der Waals surface area (Å²) in [7, 11) is 3.16. The van der Waals surface area contributed by atoms with E-state index in [1.54, 1.807) is 20.3 Å². The van der Waals surface area contributed by atoms with Crippen molar-refractivity contribution in [2.45, 2.75) is 33.1 Å². The number of Topliss-reactive ketones (excluding diaryl/α,β-unsaturated/α-hetero) is 1. The molecule has 0 spiro atoms. The van der Waals surface area contributed by atoms with Crippen molar-refractivity contribution in [2.75, 3.05) is 14.2 Å². The number of ketones is 1. The van der Waals surface area contributed by atoms with Gasteiger partial charge in [-0.05, 0) is 30.0 Å². The third-order valence-corrected chi connectivity index (χ3v) is 3.60. The number of rotatable bonds is 8. The Labute approximate surface area is 132 Å². The molecule has 0 aromatic heterocycles. The van der Waals surface area contributed by atoms with Crippen LogP contribution in [0.3, 0.4) is 0 Å². The summed E-state index contributed by atoms with van der Waals surface area (Å²) < 4.78 is 10.4. The summed E-state index contributed by atoms with van der Waals surface area (Å²) in [4.78, 5) is 12.1. The fraction of sp³-hybridized carbons (Fsp3) is 0.444. The third-order valence-electron chi connectivity index (χ3n) is 3.60. The van der Waals surface area contributed by atoms with Crippen LogP contribution in [0.25, 0.3) is 0 Å². The Morgan fingerprint density at radius 1 is 1.32 bits per heavy atom. The van der Waals surface area contributed by atoms with Gasteiger partial charge < -0.3 is 9.47 Å². The molecule has 0 saturated carbocycles. The Hall–Kier alpha value is -2.28. The SMILES string of the molecule is CCC(C)/C=C(\C#N)C(=O)CCc1ccc(OC)c(OC)c1. The van der Waals surface area contributed by atoms with Crippen LogP contribution in [-0.4, -0.2) is 20.0 Å². The van der Waals surface area contributed by atoms with Crippen molar-refractivity contribution in [1.29, 1.82) is 5.26 Å². The molecule has 118 valence electrons. The summed E-state index contributed by atoms with van der Waals surface area (Å²) in [6.07, 6.45) is 3.55. The normalized spacial score (nSPS) is 12.4. The van der Waals surface area contributed by atoms with Gasteiger partial charge in [0.1, 0.15) is 6.07 Å². The zero-order chi connectivity index (χ0) is 16.5. The topological polar surface area (TPSA) is 59.3 Å². The van der Waals surface area contributed by atoms with Gasteiger partial charge in [0, 0.05) is 6.42 Å². The molecule has 0 radical (unpaired) electrons. The Balaban J connectivity index is 2.75. The van der Waals surface area contributed by atoms with Gasteiger partial charge in [-0.2, -0.15) is 5.26 Å². The van der Waals surface area contributed by atoms with Gasteiger partial charge in [-0.3, -0.25) is 4.79 Å². The van der Waals surface area contributed by atoms with E-state index in [4.69, 9.17) is 14.7 Å². The fourth-order valence-corrected chi connectivity index (χ4v) is 2.02. The van der Waals surface area contributed by atoms with E-state index < -0.39 is 0 Å². The highest BCUT2D eigenvalue weighted by Crippen LogP contribution is 2.28. The van der Waals surface area contributed by atoms with Gasteiger partial charge >= 0.3 is 0 Å². The van der Waals surface area contributed by atoms with Crippen LogP contribution < -0.4 is 9.47 Å². The monoisotopic (exact) mass is 301 g/mol. The van der Waals surface area contributed by atoms with Gasteiger partial charge in [-0.15, -0.1) is 0 Å². The highest BCUT2D eigenvalue weighted by atomic mass is 16.5. The standard InChI is InChI=1S/C18H23NO3/c1-5-13(2)10-15(12-19)16(20)8-6-14-7-9-17(21-3)18(11-14)22-4/h7,9-11,13H,5-6,8H2,1-4H3/b15-10+. The molecule has 0 saturated heterocycles. The molecule has 0 bridgehead atoms. The van der Waals surface area contributed by atoms with E-state index >= 15 is 0 Å². The third kappa shape index (κ3) is 4.92. The number of nitriles is 1. The number of nitrogens with zero attached hydrogens (tertiary/aromatic N) is 1. The van der Waals surface area contributed by atoms with Gasteiger partial charge in [0.15, 0.2) is 17.3 Å². The lowest BCUT2D eigenvalue weighted by molar-refractivity contribution is -0.115. The van der Waals surface area contributed by atoms with E-state index in [0.717, 1.165) is 12.0 Å². The van der Waals surface area contributed by atoms with Gasteiger partial charge in [0.2, 0.25) is 0 Å². The molecule has 22 heavy (non-hydrogen) atoms.